The van der Waals surface area contributed by atoms with E-state index >= 15 is 0 Å². The summed E-state index contributed by atoms with van der Waals surface area (Å²) in [6.45, 7) is 5.87. The predicted octanol–water partition coefficient (Wildman–Crippen LogP) is 7.35. The van der Waals surface area contributed by atoms with Gasteiger partial charge in [-0.05, 0) is 74.9 Å². The van der Waals surface area contributed by atoms with Gasteiger partial charge in [0.25, 0.3) is 11.8 Å². The minimum absolute atomic E-state index is 0.0727. The minimum Gasteiger partial charge on any atom is -0.321 e. The normalized spacial score (nSPS) is 11.8. The van der Waals surface area contributed by atoms with E-state index < -0.39 is 11.8 Å². The molecule has 3 amide bonds. The van der Waals surface area contributed by atoms with Gasteiger partial charge in [-0.2, -0.15) is 0 Å². The number of thiazole rings is 1. The van der Waals surface area contributed by atoms with E-state index in [0.29, 0.717) is 21.9 Å². The van der Waals surface area contributed by atoms with Gasteiger partial charge in [0, 0.05) is 39.0 Å². The summed E-state index contributed by atoms with van der Waals surface area (Å²) in [5.74, 6) is -1.04. The molecule has 1 atom stereocenters. The second-order valence-corrected chi connectivity index (χ2v) is 12.8. The summed E-state index contributed by atoms with van der Waals surface area (Å²) in [5.41, 5.74) is 4.76. The van der Waals surface area contributed by atoms with E-state index in [0.717, 1.165) is 21.0 Å². The number of hydrogen-bond donors (Lipinski definition) is 3. The number of pyridine rings is 1. The van der Waals surface area contributed by atoms with Crippen LogP contribution in [0, 0.1) is 13.8 Å². The van der Waals surface area contributed by atoms with Gasteiger partial charge < -0.3 is 16.0 Å². The Hall–Kier alpha value is -5.06. The summed E-state index contributed by atoms with van der Waals surface area (Å²) in [7, 11) is 0. The molecule has 226 valence electrons. The van der Waals surface area contributed by atoms with Gasteiger partial charge in [0.05, 0.1) is 10.9 Å². The van der Waals surface area contributed by atoms with E-state index in [4.69, 9.17) is 0 Å². The monoisotopic (exact) mass is 633 g/mol. The Morgan fingerprint density at radius 1 is 0.867 bits per heavy atom. The van der Waals surface area contributed by atoms with E-state index in [2.05, 4.69) is 25.9 Å². The maximum absolute atomic E-state index is 13.3. The number of amides is 3. The van der Waals surface area contributed by atoms with Crippen LogP contribution in [-0.2, 0) is 9.59 Å². The van der Waals surface area contributed by atoms with Crippen LogP contribution in [0.3, 0.4) is 0 Å². The van der Waals surface area contributed by atoms with E-state index in [1.807, 2.05) is 63.2 Å². The fourth-order valence-electron chi connectivity index (χ4n) is 4.28. The molecule has 0 bridgehead atoms. The van der Waals surface area contributed by atoms with Crippen LogP contribution in [0.25, 0.3) is 17.3 Å². The zero-order valence-corrected chi connectivity index (χ0v) is 26.5. The lowest BCUT2D eigenvalue weighted by Gasteiger charge is -2.13. The summed E-state index contributed by atoms with van der Waals surface area (Å²) < 4.78 is 0. The van der Waals surface area contributed by atoms with Crippen LogP contribution < -0.4 is 16.0 Å². The first-order chi connectivity index (χ1) is 21.7. The third kappa shape index (κ3) is 8.53. The largest absolute Gasteiger partial charge is 0.321 e. The average molecular weight is 634 g/mol. The van der Waals surface area contributed by atoms with Crippen molar-refractivity contribution in [2.75, 3.05) is 10.6 Å². The molecule has 0 fully saturated rings. The van der Waals surface area contributed by atoms with Crippen molar-refractivity contribution in [3.05, 3.63) is 131 Å². The molecule has 3 N–H and O–H groups in total. The van der Waals surface area contributed by atoms with Gasteiger partial charge in [-0.25, -0.2) is 4.98 Å². The van der Waals surface area contributed by atoms with E-state index in [9.17, 15) is 14.4 Å². The lowest BCUT2D eigenvalue weighted by atomic mass is 10.1. The smallest absolute Gasteiger partial charge is 0.272 e. The maximum atomic E-state index is 13.3. The third-order valence-electron chi connectivity index (χ3n) is 6.67. The molecule has 45 heavy (non-hydrogen) atoms. The molecule has 8 nitrogen and oxygen atoms in total. The number of carbonyl (C=O) groups is 3. The number of hydrogen-bond acceptors (Lipinski definition) is 7. The second kappa shape index (κ2) is 14.6. The van der Waals surface area contributed by atoms with Crippen molar-refractivity contribution >= 4 is 57.7 Å². The quantitative estimate of drug-likeness (QED) is 0.110. The molecular formula is C35H31N5O3S2. The lowest BCUT2D eigenvalue weighted by Crippen LogP contribution is -2.30. The highest BCUT2D eigenvalue weighted by Gasteiger charge is 2.19. The summed E-state index contributed by atoms with van der Waals surface area (Å²) in [6.07, 6.45) is 4.80. The number of aryl methyl sites for hydroxylation is 2. The number of nitrogens with one attached hydrogen (secondary N) is 3. The molecule has 0 aliphatic rings. The molecule has 5 rings (SSSR count). The van der Waals surface area contributed by atoms with Crippen LogP contribution in [0.15, 0.2) is 114 Å². The van der Waals surface area contributed by atoms with E-state index in [-0.39, 0.29) is 16.9 Å². The zero-order valence-electron chi connectivity index (χ0n) is 24.9. The fourth-order valence-corrected chi connectivity index (χ4v) is 5.99. The first-order valence-corrected chi connectivity index (χ1v) is 15.9. The third-order valence-corrected chi connectivity index (χ3v) is 8.67. The number of nitrogens with zero attached hydrogens (tertiary/aromatic N) is 2. The lowest BCUT2D eigenvalue weighted by molar-refractivity contribution is -0.115. The van der Waals surface area contributed by atoms with Crippen molar-refractivity contribution < 1.29 is 14.4 Å². The number of rotatable bonds is 10. The van der Waals surface area contributed by atoms with Gasteiger partial charge in [0.1, 0.15) is 5.70 Å². The Labute approximate surface area is 270 Å². The fraction of sp³-hybridized carbons (Fsp3) is 0.114. The highest BCUT2D eigenvalue weighted by molar-refractivity contribution is 8.00. The van der Waals surface area contributed by atoms with Crippen molar-refractivity contribution in [2.24, 2.45) is 0 Å². The number of benzene rings is 3. The first-order valence-electron chi connectivity index (χ1n) is 14.2. The van der Waals surface area contributed by atoms with Gasteiger partial charge in [-0.1, -0.05) is 54.1 Å². The number of carbonyl (C=O) groups excluding carboxylic acids is 3. The zero-order chi connectivity index (χ0) is 31.8. The standard InChI is InChI=1S/C35H31N5O3S2/c1-22-11-13-26(14-12-22)31-23(2)45-35(39-31)40-32(41)24(3)44-29-17-15-28(16-18-29)37-34(43)30(20-25-8-7-19-36-21-25)38-33(42)27-9-5-4-6-10-27/h4-21,24H,1-3H3,(H,37,43)(H,38,42)(H,39,40,41)/b30-20-. The van der Waals surface area contributed by atoms with E-state index in [1.165, 1.54) is 28.7 Å². The maximum Gasteiger partial charge on any atom is 0.272 e. The SMILES string of the molecule is Cc1ccc(-c2nc(NC(=O)C(C)Sc3ccc(NC(=O)/C(=C/c4cccnc4)NC(=O)c4ccccc4)cc3)sc2C)cc1. The van der Waals surface area contributed by atoms with Crippen LogP contribution in [0.4, 0.5) is 10.8 Å². The minimum atomic E-state index is -0.486. The Morgan fingerprint density at radius 2 is 1.60 bits per heavy atom. The number of anilines is 2. The van der Waals surface area contributed by atoms with Crippen molar-refractivity contribution in [1.82, 2.24) is 15.3 Å². The molecular weight excluding hydrogens is 603 g/mol. The highest BCUT2D eigenvalue weighted by atomic mass is 32.2. The van der Waals surface area contributed by atoms with E-state index in [1.54, 1.807) is 67.0 Å². The van der Waals surface area contributed by atoms with Crippen LogP contribution in [0.2, 0.25) is 0 Å². The Kier molecular flexibility index (Phi) is 10.2. The summed E-state index contributed by atoms with van der Waals surface area (Å²) in [4.78, 5) is 49.7. The molecule has 1 unspecified atom stereocenters. The molecule has 5 aromatic rings. The average Bonchev–Trinajstić information content (AvgIpc) is 3.42. The summed E-state index contributed by atoms with van der Waals surface area (Å²) in [5, 5.41) is 8.68. The van der Waals surface area contributed by atoms with Gasteiger partial charge >= 0.3 is 0 Å². The van der Waals surface area contributed by atoms with Crippen molar-refractivity contribution in [2.45, 2.75) is 30.9 Å². The molecule has 0 aliphatic carbocycles. The van der Waals surface area contributed by atoms with Crippen LogP contribution in [-0.4, -0.2) is 32.9 Å². The number of thioether (sulfide) groups is 1. The molecule has 10 heteroatoms. The van der Waals surface area contributed by atoms with Gasteiger partial charge in [0.2, 0.25) is 5.91 Å². The first kappa shape index (κ1) is 31.4. The van der Waals surface area contributed by atoms with Crippen molar-refractivity contribution in [1.29, 1.82) is 0 Å². The Balaban J connectivity index is 1.21. The van der Waals surface area contributed by atoms with Crippen molar-refractivity contribution in [3.8, 4) is 11.3 Å². The summed E-state index contributed by atoms with van der Waals surface area (Å²) >= 11 is 2.85. The van der Waals surface area contributed by atoms with Gasteiger partial charge in [-0.15, -0.1) is 23.1 Å². The van der Waals surface area contributed by atoms with Gasteiger partial charge in [-0.3, -0.25) is 19.4 Å². The van der Waals surface area contributed by atoms with Crippen LogP contribution >= 0.6 is 23.1 Å². The summed E-state index contributed by atoms with van der Waals surface area (Å²) in [6, 6.07) is 27.5. The van der Waals surface area contributed by atoms with Crippen LogP contribution in [0.1, 0.15) is 33.3 Å². The molecule has 0 saturated heterocycles. The molecule has 0 aliphatic heterocycles. The molecule has 2 heterocycles. The molecule has 2 aromatic heterocycles. The topological polar surface area (TPSA) is 113 Å². The van der Waals surface area contributed by atoms with Crippen molar-refractivity contribution in [3.63, 3.8) is 0 Å². The molecule has 3 aromatic carbocycles. The Morgan fingerprint density at radius 3 is 2.29 bits per heavy atom. The molecule has 0 radical (unpaired) electrons. The molecule has 0 saturated carbocycles. The molecule has 0 spiro atoms. The number of aromatic nitrogens is 2. The van der Waals surface area contributed by atoms with Crippen LogP contribution in [0.5, 0.6) is 0 Å². The highest BCUT2D eigenvalue weighted by Crippen LogP contribution is 2.32. The Bertz CT molecular complexity index is 1820. The van der Waals surface area contributed by atoms with Gasteiger partial charge in [0.15, 0.2) is 5.13 Å². The second-order valence-electron chi connectivity index (χ2n) is 10.2. The predicted molar refractivity (Wildman–Crippen MR) is 182 cm³/mol.